The van der Waals surface area contributed by atoms with Crippen LogP contribution in [-0.4, -0.2) is 46.9 Å². The molecule has 1 fully saturated rings. The number of carbonyl (C=O) groups excluding carboxylic acids is 1. The molecular weight excluding hydrogens is 292 g/mol. The summed E-state index contributed by atoms with van der Waals surface area (Å²) in [4.78, 5) is 14.1. The fraction of sp³-hybridized carbons (Fsp3) is 0.353. The van der Waals surface area contributed by atoms with Crippen LogP contribution in [0, 0.1) is 0 Å². The standard InChI is InChI=1S/C17H20N4O2/c22-17(19-16-7-4-10-18-20-16)21-11-12-23-15(13-21)9-8-14-5-2-1-3-6-14/h1-7,10,15H,8-9,11-13H2,(H,19,20,22)/t15-/m1/s1. The molecule has 6 nitrogen and oxygen atoms in total. The Labute approximate surface area is 135 Å². The molecular formula is C17H20N4O2. The quantitative estimate of drug-likeness (QED) is 0.941. The number of ether oxygens (including phenoxy) is 1. The molecule has 0 unspecified atom stereocenters. The predicted octanol–water partition coefficient (Wildman–Crippen LogP) is 2.34. The second kappa shape index (κ2) is 7.69. The lowest BCUT2D eigenvalue weighted by Crippen LogP contribution is -2.47. The Bertz CT molecular complexity index is 621. The van der Waals surface area contributed by atoms with Crippen molar-refractivity contribution in [2.45, 2.75) is 18.9 Å². The molecule has 0 bridgehead atoms. The average Bonchev–Trinajstić information content (AvgIpc) is 2.62. The van der Waals surface area contributed by atoms with E-state index in [9.17, 15) is 4.79 Å². The zero-order valence-electron chi connectivity index (χ0n) is 12.9. The normalized spacial score (nSPS) is 17.7. The molecule has 23 heavy (non-hydrogen) atoms. The van der Waals surface area contributed by atoms with Gasteiger partial charge in [-0.1, -0.05) is 30.3 Å². The summed E-state index contributed by atoms with van der Waals surface area (Å²) in [7, 11) is 0. The number of nitrogens with one attached hydrogen (secondary N) is 1. The molecule has 0 radical (unpaired) electrons. The Kier molecular flexibility index (Phi) is 5.16. The maximum absolute atomic E-state index is 12.3. The maximum Gasteiger partial charge on any atom is 0.323 e. The number of amides is 2. The van der Waals surface area contributed by atoms with E-state index in [1.54, 1.807) is 23.2 Å². The highest BCUT2D eigenvalue weighted by atomic mass is 16.5. The molecule has 0 saturated carbocycles. The van der Waals surface area contributed by atoms with Gasteiger partial charge in [0.05, 0.1) is 12.7 Å². The molecule has 1 aromatic heterocycles. The van der Waals surface area contributed by atoms with Crippen LogP contribution in [0.2, 0.25) is 0 Å². The Morgan fingerprint density at radius 2 is 2.13 bits per heavy atom. The van der Waals surface area contributed by atoms with E-state index in [2.05, 4.69) is 27.6 Å². The smallest absolute Gasteiger partial charge is 0.323 e. The van der Waals surface area contributed by atoms with Gasteiger partial charge in [-0.15, -0.1) is 5.10 Å². The van der Waals surface area contributed by atoms with Gasteiger partial charge in [0.2, 0.25) is 0 Å². The predicted molar refractivity (Wildman–Crippen MR) is 87.1 cm³/mol. The van der Waals surface area contributed by atoms with E-state index < -0.39 is 0 Å². The minimum absolute atomic E-state index is 0.0663. The molecule has 1 N–H and O–H groups in total. The van der Waals surface area contributed by atoms with Crippen LogP contribution in [0.15, 0.2) is 48.7 Å². The van der Waals surface area contributed by atoms with Crippen LogP contribution >= 0.6 is 0 Å². The van der Waals surface area contributed by atoms with Crippen LogP contribution in [0.1, 0.15) is 12.0 Å². The molecule has 3 rings (SSSR count). The molecule has 0 aliphatic carbocycles. The van der Waals surface area contributed by atoms with Crippen LogP contribution in [0.4, 0.5) is 10.6 Å². The number of benzene rings is 1. The maximum atomic E-state index is 12.3. The Balaban J connectivity index is 1.50. The summed E-state index contributed by atoms with van der Waals surface area (Å²) >= 11 is 0. The number of carbonyl (C=O) groups is 1. The molecule has 1 saturated heterocycles. The van der Waals surface area contributed by atoms with Crippen LogP contribution in [0.25, 0.3) is 0 Å². The highest BCUT2D eigenvalue weighted by molar-refractivity contribution is 5.88. The van der Waals surface area contributed by atoms with E-state index in [0.717, 1.165) is 12.8 Å². The van der Waals surface area contributed by atoms with E-state index in [-0.39, 0.29) is 12.1 Å². The largest absolute Gasteiger partial charge is 0.375 e. The van der Waals surface area contributed by atoms with E-state index in [0.29, 0.717) is 25.5 Å². The van der Waals surface area contributed by atoms with Crippen molar-refractivity contribution in [1.82, 2.24) is 15.1 Å². The summed E-state index contributed by atoms with van der Waals surface area (Å²) in [6.45, 7) is 1.75. The number of morpholine rings is 1. The van der Waals surface area contributed by atoms with Gasteiger partial charge in [0.1, 0.15) is 0 Å². The van der Waals surface area contributed by atoms with Crippen molar-refractivity contribution >= 4 is 11.8 Å². The van der Waals surface area contributed by atoms with Gasteiger partial charge in [-0.25, -0.2) is 4.79 Å². The number of nitrogens with zero attached hydrogens (tertiary/aromatic N) is 3. The summed E-state index contributed by atoms with van der Waals surface area (Å²) in [6.07, 6.45) is 3.49. The summed E-state index contributed by atoms with van der Waals surface area (Å²) in [5, 5.41) is 10.4. The minimum atomic E-state index is -0.154. The number of rotatable bonds is 4. The fourth-order valence-corrected chi connectivity index (χ4v) is 2.61. The third kappa shape index (κ3) is 4.50. The lowest BCUT2D eigenvalue weighted by Gasteiger charge is -2.32. The van der Waals surface area contributed by atoms with Gasteiger partial charge in [0.25, 0.3) is 0 Å². The first kappa shape index (κ1) is 15.4. The second-order valence-corrected chi connectivity index (χ2v) is 5.50. The third-order valence-electron chi connectivity index (χ3n) is 3.83. The van der Waals surface area contributed by atoms with Gasteiger partial charge in [-0.2, -0.15) is 5.10 Å². The minimum Gasteiger partial charge on any atom is -0.375 e. The zero-order chi connectivity index (χ0) is 15.9. The molecule has 2 heterocycles. The lowest BCUT2D eigenvalue weighted by atomic mass is 10.1. The summed E-state index contributed by atoms with van der Waals surface area (Å²) in [6, 6.07) is 13.6. The summed E-state index contributed by atoms with van der Waals surface area (Å²) in [5.41, 5.74) is 1.29. The molecule has 120 valence electrons. The highest BCUT2D eigenvalue weighted by Gasteiger charge is 2.24. The van der Waals surface area contributed by atoms with Crippen molar-refractivity contribution in [2.75, 3.05) is 25.0 Å². The van der Waals surface area contributed by atoms with Crippen LogP contribution in [0.3, 0.4) is 0 Å². The topological polar surface area (TPSA) is 67.4 Å². The van der Waals surface area contributed by atoms with Gasteiger partial charge in [0.15, 0.2) is 5.82 Å². The molecule has 1 aromatic carbocycles. The molecule has 1 atom stereocenters. The Morgan fingerprint density at radius 3 is 2.91 bits per heavy atom. The van der Waals surface area contributed by atoms with Crippen molar-refractivity contribution in [2.24, 2.45) is 0 Å². The molecule has 0 spiro atoms. The van der Waals surface area contributed by atoms with Gasteiger partial charge in [-0.05, 0) is 30.5 Å². The van der Waals surface area contributed by atoms with Gasteiger partial charge < -0.3 is 9.64 Å². The number of hydrogen-bond donors (Lipinski definition) is 1. The van der Waals surface area contributed by atoms with Crippen molar-refractivity contribution in [3.63, 3.8) is 0 Å². The van der Waals surface area contributed by atoms with E-state index in [1.165, 1.54) is 5.56 Å². The van der Waals surface area contributed by atoms with Crippen molar-refractivity contribution in [3.05, 3.63) is 54.2 Å². The third-order valence-corrected chi connectivity index (χ3v) is 3.83. The molecule has 2 aromatic rings. The van der Waals surface area contributed by atoms with Crippen molar-refractivity contribution in [1.29, 1.82) is 0 Å². The Morgan fingerprint density at radius 1 is 1.26 bits per heavy atom. The number of urea groups is 1. The van der Waals surface area contributed by atoms with Gasteiger partial charge in [0, 0.05) is 19.3 Å². The molecule has 1 aliphatic heterocycles. The first-order chi connectivity index (χ1) is 11.3. The molecule has 1 aliphatic rings. The first-order valence-electron chi connectivity index (χ1n) is 7.80. The van der Waals surface area contributed by atoms with Gasteiger partial charge >= 0.3 is 6.03 Å². The monoisotopic (exact) mass is 312 g/mol. The summed E-state index contributed by atoms with van der Waals surface area (Å²) < 4.78 is 5.78. The molecule has 2 amide bonds. The van der Waals surface area contributed by atoms with Crippen molar-refractivity contribution < 1.29 is 9.53 Å². The number of anilines is 1. The number of aryl methyl sites for hydroxylation is 1. The average molecular weight is 312 g/mol. The second-order valence-electron chi connectivity index (χ2n) is 5.50. The fourth-order valence-electron chi connectivity index (χ4n) is 2.61. The van der Waals surface area contributed by atoms with Crippen molar-refractivity contribution in [3.8, 4) is 0 Å². The van der Waals surface area contributed by atoms with Crippen LogP contribution < -0.4 is 5.32 Å². The van der Waals surface area contributed by atoms with Crippen LogP contribution in [0.5, 0.6) is 0 Å². The van der Waals surface area contributed by atoms with Crippen LogP contribution in [-0.2, 0) is 11.2 Å². The zero-order valence-corrected chi connectivity index (χ0v) is 12.9. The van der Waals surface area contributed by atoms with E-state index >= 15 is 0 Å². The highest BCUT2D eigenvalue weighted by Crippen LogP contribution is 2.13. The SMILES string of the molecule is O=C(Nc1cccnn1)N1CCO[C@H](CCc2ccccc2)C1. The number of aromatic nitrogens is 2. The number of hydrogen-bond acceptors (Lipinski definition) is 4. The Hall–Kier alpha value is -2.47. The van der Waals surface area contributed by atoms with E-state index in [1.807, 2.05) is 18.2 Å². The molecule has 6 heteroatoms. The summed E-state index contributed by atoms with van der Waals surface area (Å²) in [5.74, 6) is 0.463. The van der Waals surface area contributed by atoms with E-state index in [4.69, 9.17) is 4.74 Å². The van der Waals surface area contributed by atoms with Gasteiger partial charge in [-0.3, -0.25) is 5.32 Å². The lowest BCUT2D eigenvalue weighted by molar-refractivity contribution is -0.0157. The first-order valence-corrected chi connectivity index (χ1v) is 7.80.